The Balaban J connectivity index is 3.33. The lowest BCUT2D eigenvalue weighted by Gasteiger charge is -2.10. The van der Waals surface area contributed by atoms with Crippen LogP contribution in [-0.2, 0) is 10.9 Å². The summed E-state index contributed by atoms with van der Waals surface area (Å²) in [5.74, 6) is -1.16. The van der Waals surface area contributed by atoms with Crippen LogP contribution < -0.4 is 4.74 Å². The fraction of sp³-hybridized carbons (Fsp3) is 0.375. The molecular formula is C8H7F3N2O3. The minimum Gasteiger partial charge on any atom is -0.467 e. The highest BCUT2D eigenvalue weighted by atomic mass is 19.4. The predicted octanol–water partition coefficient (Wildman–Crippen LogP) is 1.29. The van der Waals surface area contributed by atoms with Gasteiger partial charge in [0.15, 0.2) is 5.69 Å². The fourth-order valence-electron chi connectivity index (χ4n) is 0.939. The molecule has 5 nitrogen and oxygen atoms in total. The second-order valence-corrected chi connectivity index (χ2v) is 2.61. The number of nitrogens with zero attached hydrogens (tertiary/aromatic N) is 2. The van der Waals surface area contributed by atoms with Crippen molar-refractivity contribution in [1.29, 1.82) is 0 Å². The number of rotatable bonds is 2. The Kier molecular flexibility index (Phi) is 3.31. The van der Waals surface area contributed by atoms with Gasteiger partial charge in [0, 0.05) is 6.20 Å². The van der Waals surface area contributed by atoms with E-state index in [1.165, 1.54) is 0 Å². The Morgan fingerprint density at radius 3 is 2.44 bits per heavy atom. The summed E-state index contributed by atoms with van der Waals surface area (Å²) >= 11 is 0. The quantitative estimate of drug-likeness (QED) is 0.724. The smallest absolute Gasteiger partial charge is 0.434 e. The maximum Gasteiger partial charge on any atom is 0.434 e. The van der Waals surface area contributed by atoms with Gasteiger partial charge in [-0.25, -0.2) is 9.78 Å². The lowest BCUT2D eigenvalue weighted by molar-refractivity contribution is -0.142. The number of methoxy groups -OCH3 is 2. The van der Waals surface area contributed by atoms with Crippen molar-refractivity contribution in [3.8, 4) is 6.01 Å². The minimum atomic E-state index is -4.78. The number of hydrogen-bond donors (Lipinski definition) is 0. The van der Waals surface area contributed by atoms with Gasteiger partial charge < -0.3 is 9.47 Å². The molecule has 0 aromatic carbocycles. The van der Waals surface area contributed by atoms with Crippen LogP contribution in [0.25, 0.3) is 0 Å². The van der Waals surface area contributed by atoms with Crippen molar-refractivity contribution in [2.75, 3.05) is 14.2 Å². The second kappa shape index (κ2) is 4.33. The SMILES string of the molecule is COC(=O)c1cnc(OC)nc1C(F)(F)F. The van der Waals surface area contributed by atoms with E-state index < -0.39 is 29.4 Å². The first kappa shape index (κ1) is 12.2. The van der Waals surface area contributed by atoms with Crippen molar-refractivity contribution in [3.05, 3.63) is 17.5 Å². The second-order valence-electron chi connectivity index (χ2n) is 2.61. The van der Waals surface area contributed by atoms with Gasteiger partial charge in [-0.05, 0) is 0 Å². The van der Waals surface area contributed by atoms with Gasteiger partial charge in [0.25, 0.3) is 0 Å². The molecule has 0 unspecified atom stereocenters. The van der Waals surface area contributed by atoms with Gasteiger partial charge in [0.05, 0.1) is 14.2 Å². The summed E-state index contributed by atoms with van der Waals surface area (Å²) in [6.07, 6.45) is -4.07. The van der Waals surface area contributed by atoms with Crippen molar-refractivity contribution < 1.29 is 27.4 Å². The molecule has 0 aliphatic rings. The number of esters is 1. The number of alkyl halides is 3. The molecule has 1 aromatic heterocycles. The summed E-state index contributed by atoms with van der Waals surface area (Å²) in [5, 5.41) is 0. The standard InChI is InChI=1S/C8H7F3N2O3/c1-15-6(14)4-3-12-7(16-2)13-5(4)8(9,10)11/h3H,1-2H3. The number of carbonyl (C=O) groups excluding carboxylic acids is 1. The summed E-state index contributed by atoms with van der Waals surface area (Å²) in [6, 6.07) is -0.472. The molecule has 8 heteroatoms. The highest BCUT2D eigenvalue weighted by Crippen LogP contribution is 2.31. The van der Waals surface area contributed by atoms with Gasteiger partial charge in [-0.1, -0.05) is 0 Å². The van der Waals surface area contributed by atoms with E-state index in [1.807, 2.05) is 0 Å². The lowest BCUT2D eigenvalue weighted by atomic mass is 10.2. The molecule has 0 radical (unpaired) electrons. The topological polar surface area (TPSA) is 61.3 Å². The zero-order chi connectivity index (χ0) is 12.3. The molecule has 0 aliphatic heterocycles. The predicted molar refractivity (Wildman–Crippen MR) is 44.9 cm³/mol. The maximum atomic E-state index is 12.5. The minimum absolute atomic E-state index is 0.472. The van der Waals surface area contributed by atoms with E-state index >= 15 is 0 Å². The van der Waals surface area contributed by atoms with Crippen LogP contribution in [0.15, 0.2) is 6.20 Å². The number of carbonyl (C=O) groups is 1. The Morgan fingerprint density at radius 2 is 2.00 bits per heavy atom. The van der Waals surface area contributed by atoms with E-state index in [0.29, 0.717) is 6.20 Å². The van der Waals surface area contributed by atoms with Crippen LogP contribution >= 0.6 is 0 Å². The van der Waals surface area contributed by atoms with Gasteiger partial charge in [0.2, 0.25) is 0 Å². The molecule has 0 fully saturated rings. The third-order valence-electron chi connectivity index (χ3n) is 1.62. The summed E-state index contributed by atoms with van der Waals surface area (Å²) in [4.78, 5) is 17.5. The molecule has 0 aliphatic carbocycles. The Labute approximate surface area is 88.2 Å². The van der Waals surface area contributed by atoms with E-state index in [2.05, 4.69) is 19.4 Å². The number of hydrogen-bond acceptors (Lipinski definition) is 5. The number of halogens is 3. The molecule has 88 valence electrons. The van der Waals surface area contributed by atoms with E-state index in [9.17, 15) is 18.0 Å². The monoisotopic (exact) mass is 236 g/mol. The highest BCUT2D eigenvalue weighted by Gasteiger charge is 2.38. The molecular weight excluding hydrogens is 229 g/mol. The van der Waals surface area contributed by atoms with Crippen LogP contribution in [0.4, 0.5) is 13.2 Å². The van der Waals surface area contributed by atoms with Gasteiger partial charge >= 0.3 is 18.2 Å². The van der Waals surface area contributed by atoms with Gasteiger partial charge in [-0.15, -0.1) is 0 Å². The zero-order valence-corrected chi connectivity index (χ0v) is 8.33. The summed E-state index contributed by atoms with van der Waals surface area (Å²) in [7, 11) is 2.08. The molecule has 0 bridgehead atoms. The molecule has 16 heavy (non-hydrogen) atoms. The Hall–Kier alpha value is -1.86. The summed E-state index contributed by atoms with van der Waals surface area (Å²) in [6.45, 7) is 0. The molecule has 1 rings (SSSR count). The van der Waals surface area contributed by atoms with Crippen LogP contribution in [-0.4, -0.2) is 30.2 Å². The highest BCUT2D eigenvalue weighted by molar-refractivity contribution is 5.90. The molecule has 1 aromatic rings. The van der Waals surface area contributed by atoms with E-state index in [1.54, 1.807) is 0 Å². The molecule has 0 atom stereocenters. The van der Waals surface area contributed by atoms with Crippen LogP contribution in [0.2, 0.25) is 0 Å². The molecule has 0 spiro atoms. The number of ether oxygens (including phenoxy) is 2. The fourth-order valence-corrected chi connectivity index (χ4v) is 0.939. The van der Waals surface area contributed by atoms with Gasteiger partial charge in [0.1, 0.15) is 5.56 Å². The lowest BCUT2D eigenvalue weighted by Crippen LogP contribution is -2.17. The first-order valence-corrected chi connectivity index (χ1v) is 3.96. The first-order chi connectivity index (χ1) is 7.40. The van der Waals surface area contributed by atoms with Crippen LogP contribution in [0, 0.1) is 0 Å². The molecule has 0 amide bonds. The van der Waals surface area contributed by atoms with E-state index in [-0.39, 0.29) is 0 Å². The molecule has 1 heterocycles. The zero-order valence-electron chi connectivity index (χ0n) is 8.33. The van der Waals surface area contributed by atoms with Crippen molar-refractivity contribution >= 4 is 5.97 Å². The largest absolute Gasteiger partial charge is 0.467 e. The first-order valence-electron chi connectivity index (χ1n) is 3.96. The molecule has 0 saturated heterocycles. The van der Waals surface area contributed by atoms with Crippen molar-refractivity contribution in [2.45, 2.75) is 6.18 Å². The average molecular weight is 236 g/mol. The molecule has 0 N–H and O–H groups in total. The van der Waals surface area contributed by atoms with Crippen molar-refractivity contribution in [1.82, 2.24) is 9.97 Å². The van der Waals surface area contributed by atoms with Crippen LogP contribution in [0.1, 0.15) is 16.1 Å². The average Bonchev–Trinajstić information content (AvgIpc) is 2.26. The van der Waals surface area contributed by atoms with E-state index in [4.69, 9.17) is 0 Å². The van der Waals surface area contributed by atoms with Crippen LogP contribution in [0.3, 0.4) is 0 Å². The normalized spacial score (nSPS) is 11.1. The van der Waals surface area contributed by atoms with Crippen molar-refractivity contribution in [2.24, 2.45) is 0 Å². The van der Waals surface area contributed by atoms with Crippen molar-refractivity contribution in [3.63, 3.8) is 0 Å². The van der Waals surface area contributed by atoms with Gasteiger partial charge in [-0.2, -0.15) is 18.2 Å². The van der Waals surface area contributed by atoms with E-state index in [0.717, 1.165) is 14.2 Å². The summed E-state index contributed by atoms with van der Waals surface area (Å²) in [5.41, 5.74) is -2.14. The van der Waals surface area contributed by atoms with Crippen LogP contribution in [0.5, 0.6) is 6.01 Å². The summed E-state index contributed by atoms with van der Waals surface area (Å²) < 4.78 is 46.2. The maximum absolute atomic E-state index is 12.5. The Bertz CT molecular complexity index is 406. The van der Waals surface area contributed by atoms with Gasteiger partial charge in [-0.3, -0.25) is 0 Å². The Morgan fingerprint density at radius 1 is 1.38 bits per heavy atom. The third kappa shape index (κ3) is 2.38. The third-order valence-corrected chi connectivity index (χ3v) is 1.62. The molecule has 0 saturated carbocycles. The number of aromatic nitrogens is 2.